The molecule has 1 aliphatic heterocycles. The van der Waals surface area contributed by atoms with Crippen molar-refractivity contribution in [1.82, 2.24) is 4.90 Å². The Bertz CT molecular complexity index is 377. The SMILES string of the molecule is CCCc1ccc(C(C)N2CCOC(CN)C2)cc1. The summed E-state index contributed by atoms with van der Waals surface area (Å²) >= 11 is 0. The minimum absolute atomic E-state index is 0.190. The van der Waals surface area contributed by atoms with Crippen molar-refractivity contribution < 1.29 is 4.74 Å². The summed E-state index contributed by atoms with van der Waals surface area (Å²) < 4.78 is 5.63. The fourth-order valence-electron chi connectivity index (χ4n) is 2.70. The van der Waals surface area contributed by atoms with Crippen LogP contribution in [-0.4, -0.2) is 37.2 Å². The summed E-state index contributed by atoms with van der Waals surface area (Å²) in [6.07, 6.45) is 2.56. The van der Waals surface area contributed by atoms with Gasteiger partial charge in [-0.25, -0.2) is 0 Å². The van der Waals surface area contributed by atoms with Gasteiger partial charge in [-0.3, -0.25) is 4.90 Å². The average Bonchev–Trinajstić information content (AvgIpc) is 2.48. The van der Waals surface area contributed by atoms with E-state index in [0.717, 1.165) is 19.7 Å². The molecule has 3 nitrogen and oxygen atoms in total. The molecule has 2 unspecified atom stereocenters. The Balaban J connectivity index is 1.99. The van der Waals surface area contributed by atoms with E-state index < -0.39 is 0 Å². The van der Waals surface area contributed by atoms with Crippen LogP contribution in [0.4, 0.5) is 0 Å². The van der Waals surface area contributed by atoms with Crippen LogP contribution in [0.5, 0.6) is 0 Å². The van der Waals surface area contributed by atoms with E-state index in [-0.39, 0.29) is 6.10 Å². The first-order valence-electron chi connectivity index (χ1n) is 7.39. The van der Waals surface area contributed by atoms with E-state index in [2.05, 4.69) is 43.0 Å². The topological polar surface area (TPSA) is 38.5 Å². The van der Waals surface area contributed by atoms with Gasteiger partial charge in [-0.05, 0) is 24.5 Å². The molecule has 1 heterocycles. The molecule has 0 radical (unpaired) electrons. The number of morpholine rings is 1. The predicted molar refractivity (Wildman–Crippen MR) is 79.2 cm³/mol. The Hall–Kier alpha value is -0.900. The molecule has 2 rings (SSSR count). The highest BCUT2D eigenvalue weighted by molar-refractivity contribution is 5.25. The quantitative estimate of drug-likeness (QED) is 0.885. The Morgan fingerprint density at radius 3 is 2.74 bits per heavy atom. The van der Waals surface area contributed by atoms with Crippen molar-refractivity contribution in [3.8, 4) is 0 Å². The minimum Gasteiger partial charge on any atom is -0.374 e. The van der Waals surface area contributed by atoms with Crippen LogP contribution in [0.1, 0.15) is 37.4 Å². The van der Waals surface area contributed by atoms with E-state index in [4.69, 9.17) is 10.5 Å². The minimum atomic E-state index is 0.190. The van der Waals surface area contributed by atoms with Crippen LogP contribution in [0.25, 0.3) is 0 Å². The van der Waals surface area contributed by atoms with Gasteiger partial charge in [0, 0.05) is 25.7 Å². The summed E-state index contributed by atoms with van der Waals surface area (Å²) in [5.41, 5.74) is 8.52. The Morgan fingerprint density at radius 1 is 1.37 bits per heavy atom. The molecule has 1 saturated heterocycles. The van der Waals surface area contributed by atoms with E-state index in [9.17, 15) is 0 Å². The summed E-state index contributed by atoms with van der Waals surface area (Å²) in [5, 5.41) is 0. The lowest BCUT2D eigenvalue weighted by atomic mass is 10.0. The molecular formula is C16H26N2O. The third-order valence-corrected chi connectivity index (χ3v) is 3.98. The summed E-state index contributed by atoms with van der Waals surface area (Å²) in [4.78, 5) is 2.47. The number of rotatable bonds is 5. The summed E-state index contributed by atoms with van der Waals surface area (Å²) in [5.74, 6) is 0. The van der Waals surface area contributed by atoms with Crippen LogP contribution >= 0.6 is 0 Å². The average molecular weight is 262 g/mol. The lowest BCUT2D eigenvalue weighted by Crippen LogP contribution is -2.46. The maximum atomic E-state index is 5.71. The molecule has 0 bridgehead atoms. The first-order chi connectivity index (χ1) is 9.24. The zero-order chi connectivity index (χ0) is 13.7. The Labute approximate surface area is 116 Å². The number of aryl methyl sites for hydroxylation is 1. The van der Waals surface area contributed by atoms with E-state index in [1.54, 1.807) is 0 Å². The summed E-state index contributed by atoms with van der Waals surface area (Å²) in [6.45, 7) is 7.83. The molecule has 106 valence electrons. The molecule has 3 heteroatoms. The molecule has 1 aromatic rings. The van der Waals surface area contributed by atoms with Crippen molar-refractivity contribution in [3.05, 3.63) is 35.4 Å². The van der Waals surface area contributed by atoms with Crippen LogP contribution < -0.4 is 5.73 Å². The van der Waals surface area contributed by atoms with Crippen molar-refractivity contribution in [2.45, 2.75) is 38.8 Å². The zero-order valence-electron chi connectivity index (χ0n) is 12.1. The number of nitrogens with zero attached hydrogens (tertiary/aromatic N) is 1. The second-order valence-electron chi connectivity index (χ2n) is 5.39. The van der Waals surface area contributed by atoms with E-state index >= 15 is 0 Å². The molecule has 2 N–H and O–H groups in total. The fraction of sp³-hybridized carbons (Fsp3) is 0.625. The lowest BCUT2D eigenvalue weighted by molar-refractivity contribution is -0.0364. The first-order valence-corrected chi connectivity index (χ1v) is 7.39. The van der Waals surface area contributed by atoms with E-state index in [1.165, 1.54) is 24.0 Å². The lowest BCUT2D eigenvalue weighted by Gasteiger charge is -2.36. The molecular weight excluding hydrogens is 236 g/mol. The van der Waals surface area contributed by atoms with Gasteiger partial charge in [0.05, 0.1) is 12.7 Å². The number of hydrogen-bond donors (Lipinski definition) is 1. The van der Waals surface area contributed by atoms with Gasteiger partial charge in [-0.2, -0.15) is 0 Å². The molecule has 0 saturated carbocycles. The molecule has 0 spiro atoms. The number of benzene rings is 1. The van der Waals surface area contributed by atoms with Crippen molar-refractivity contribution in [1.29, 1.82) is 0 Å². The largest absolute Gasteiger partial charge is 0.374 e. The van der Waals surface area contributed by atoms with Crippen molar-refractivity contribution in [2.75, 3.05) is 26.2 Å². The maximum absolute atomic E-state index is 5.71. The molecule has 0 aliphatic carbocycles. The van der Waals surface area contributed by atoms with Gasteiger partial charge in [0.15, 0.2) is 0 Å². The third kappa shape index (κ3) is 3.78. The van der Waals surface area contributed by atoms with Crippen LogP contribution in [0.2, 0.25) is 0 Å². The monoisotopic (exact) mass is 262 g/mol. The highest BCUT2D eigenvalue weighted by atomic mass is 16.5. The number of hydrogen-bond acceptors (Lipinski definition) is 3. The Morgan fingerprint density at radius 2 is 2.11 bits per heavy atom. The van der Waals surface area contributed by atoms with E-state index in [0.29, 0.717) is 12.6 Å². The predicted octanol–water partition coefficient (Wildman–Crippen LogP) is 2.36. The smallest absolute Gasteiger partial charge is 0.0824 e. The number of ether oxygens (including phenoxy) is 1. The second-order valence-corrected chi connectivity index (χ2v) is 5.39. The molecule has 0 aromatic heterocycles. The first kappa shape index (κ1) is 14.5. The van der Waals surface area contributed by atoms with Gasteiger partial charge in [0.25, 0.3) is 0 Å². The molecule has 1 fully saturated rings. The molecule has 1 aromatic carbocycles. The summed E-state index contributed by atoms with van der Waals surface area (Å²) in [7, 11) is 0. The molecule has 19 heavy (non-hydrogen) atoms. The normalized spacial score (nSPS) is 22.4. The highest BCUT2D eigenvalue weighted by Crippen LogP contribution is 2.23. The maximum Gasteiger partial charge on any atom is 0.0824 e. The Kier molecular flexibility index (Phi) is 5.37. The summed E-state index contributed by atoms with van der Waals surface area (Å²) in [6, 6.07) is 9.49. The van der Waals surface area contributed by atoms with Gasteiger partial charge >= 0.3 is 0 Å². The number of nitrogens with two attached hydrogens (primary N) is 1. The standard InChI is InChI=1S/C16H26N2O/c1-3-4-14-5-7-15(8-6-14)13(2)18-9-10-19-16(11-17)12-18/h5-8,13,16H,3-4,9-12,17H2,1-2H3. The fourth-order valence-corrected chi connectivity index (χ4v) is 2.70. The van der Waals surface area contributed by atoms with E-state index in [1.807, 2.05) is 0 Å². The van der Waals surface area contributed by atoms with Crippen LogP contribution in [0.15, 0.2) is 24.3 Å². The van der Waals surface area contributed by atoms with Crippen molar-refractivity contribution in [3.63, 3.8) is 0 Å². The van der Waals surface area contributed by atoms with Gasteiger partial charge < -0.3 is 10.5 Å². The van der Waals surface area contributed by atoms with Gasteiger partial charge in [-0.1, -0.05) is 37.6 Å². The van der Waals surface area contributed by atoms with Crippen LogP contribution in [-0.2, 0) is 11.2 Å². The molecule has 1 aliphatic rings. The molecule has 2 atom stereocenters. The van der Waals surface area contributed by atoms with Crippen molar-refractivity contribution >= 4 is 0 Å². The van der Waals surface area contributed by atoms with Gasteiger partial charge in [-0.15, -0.1) is 0 Å². The van der Waals surface area contributed by atoms with Crippen LogP contribution in [0, 0.1) is 0 Å². The highest BCUT2D eigenvalue weighted by Gasteiger charge is 2.23. The van der Waals surface area contributed by atoms with Gasteiger partial charge in [0.1, 0.15) is 0 Å². The third-order valence-electron chi connectivity index (χ3n) is 3.98. The molecule has 0 amide bonds. The van der Waals surface area contributed by atoms with Crippen molar-refractivity contribution in [2.24, 2.45) is 5.73 Å². The van der Waals surface area contributed by atoms with Gasteiger partial charge in [0.2, 0.25) is 0 Å². The zero-order valence-corrected chi connectivity index (χ0v) is 12.1. The van der Waals surface area contributed by atoms with Crippen LogP contribution in [0.3, 0.4) is 0 Å². The second kappa shape index (κ2) is 7.04.